The number of hydrogen-bond donors (Lipinski definition) is 1. The first-order valence-electron chi connectivity index (χ1n) is 6.71. The summed E-state index contributed by atoms with van der Waals surface area (Å²) < 4.78 is 0. The zero-order valence-electron chi connectivity index (χ0n) is 12.7. The normalized spacial score (nSPS) is 12.2. The van der Waals surface area contributed by atoms with Crippen LogP contribution in [0.5, 0.6) is 0 Å². The summed E-state index contributed by atoms with van der Waals surface area (Å²) >= 11 is 0. The lowest BCUT2D eigenvalue weighted by Crippen LogP contribution is -2.40. The monoisotopic (exact) mass is 295 g/mol. The maximum atomic E-state index is 11.4. The average molecular weight is 295 g/mol. The molecule has 0 fully saturated rings. The van der Waals surface area contributed by atoms with E-state index < -0.39 is 10.9 Å². The molecule has 7 heteroatoms. The van der Waals surface area contributed by atoms with E-state index in [0.717, 1.165) is 12.6 Å². The third-order valence-corrected chi connectivity index (χ3v) is 3.23. The van der Waals surface area contributed by atoms with E-state index in [1.807, 2.05) is 37.7 Å². The molecular formula is C14H21N3O4. The number of likely N-dealkylation sites (N-methyl/N-ethyl adjacent to an activating group) is 2. The summed E-state index contributed by atoms with van der Waals surface area (Å²) in [5.74, 6) is -1.16. The lowest BCUT2D eigenvalue weighted by Gasteiger charge is -2.32. The Kier molecular flexibility index (Phi) is 5.66. The highest BCUT2D eigenvalue weighted by atomic mass is 16.6. The van der Waals surface area contributed by atoms with Gasteiger partial charge in [0.05, 0.1) is 16.2 Å². The maximum Gasteiger partial charge on any atom is 0.338 e. The average Bonchev–Trinajstić information content (AvgIpc) is 2.38. The van der Waals surface area contributed by atoms with E-state index in [1.54, 1.807) is 0 Å². The van der Waals surface area contributed by atoms with Gasteiger partial charge in [-0.3, -0.25) is 10.1 Å². The number of non-ortho nitro benzene ring substituents is 1. The number of anilines is 1. The fourth-order valence-electron chi connectivity index (χ4n) is 2.41. The molecule has 0 aliphatic carbocycles. The van der Waals surface area contributed by atoms with Crippen LogP contribution in [0.2, 0.25) is 0 Å². The van der Waals surface area contributed by atoms with E-state index in [0.29, 0.717) is 12.2 Å². The van der Waals surface area contributed by atoms with Gasteiger partial charge in [-0.25, -0.2) is 4.79 Å². The molecule has 0 aliphatic heterocycles. The summed E-state index contributed by atoms with van der Waals surface area (Å²) in [5.41, 5.74) is 0.245. The number of rotatable bonds is 7. The van der Waals surface area contributed by atoms with E-state index >= 15 is 0 Å². The van der Waals surface area contributed by atoms with Crippen LogP contribution in [0.1, 0.15) is 24.2 Å². The van der Waals surface area contributed by atoms with Crippen molar-refractivity contribution in [3.8, 4) is 0 Å². The smallest absolute Gasteiger partial charge is 0.338 e. The standard InChI is InChI=1S/C14H21N3O4/c1-5-16(10(2)9-15(3)4)13-7-6-11(17(20)21)8-12(13)14(18)19/h6-8,10H,5,9H2,1-4H3,(H,18,19). The van der Waals surface area contributed by atoms with Crippen molar-refractivity contribution in [1.29, 1.82) is 0 Å². The molecule has 116 valence electrons. The van der Waals surface area contributed by atoms with Crippen LogP contribution in [0.25, 0.3) is 0 Å². The van der Waals surface area contributed by atoms with Crippen molar-refractivity contribution in [2.24, 2.45) is 0 Å². The van der Waals surface area contributed by atoms with E-state index in [2.05, 4.69) is 0 Å². The van der Waals surface area contributed by atoms with Crippen molar-refractivity contribution < 1.29 is 14.8 Å². The number of benzene rings is 1. The van der Waals surface area contributed by atoms with Gasteiger partial charge in [0.2, 0.25) is 0 Å². The Morgan fingerprint density at radius 3 is 2.48 bits per heavy atom. The number of nitrogens with zero attached hydrogens (tertiary/aromatic N) is 3. The first-order valence-corrected chi connectivity index (χ1v) is 6.71. The molecule has 7 nitrogen and oxygen atoms in total. The van der Waals surface area contributed by atoms with Crippen molar-refractivity contribution in [1.82, 2.24) is 4.90 Å². The zero-order valence-corrected chi connectivity index (χ0v) is 12.7. The number of nitro benzene ring substituents is 1. The first-order chi connectivity index (χ1) is 9.77. The second-order valence-corrected chi connectivity index (χ2v) is 5.16. The minimum absolute atomic E-state index is 0.0448. The summed E-state index contributed by atoms with van der Waals surface area (Å²) in [6.07, 6.45) is 0. The number of nitro groups is 1. The van der Waals surface area contributed by atoms with Crippen molar-refractivity contribution in [3.05, 3.63) is 33.9 Å². The Morgan fingerprint density at radius 2 is 2.05 bits per heavy atom. The topological polar surface area (TPSA) is 86.9 Å². The van der Waals surface area contributed by atoms with Crippen LogP contribution in [0.3, 0.4) is 0 Å². The molecule has 0 aliphatic rings. The summed E-state index contributed by atoms with van der Waals surface area (Å²) in [6, 6.07) is 4.05. The summed E-state index contributed by atoms with van der Waals surface area (Å²) in [4.78, 5) is 25.6. The molecule has 1 aromatic carbocycles. The lowest BCUT2D eigenvalue weighted by atomic mass is 10.1. The third kappa shape index (κ3) is 4.16. The van der Waals surface area contributed by atoms with E-state index in [9.17, 15) is 20.0 Å². The highest BCUT2D eigenvalue weighted by Crippen LogP contribution is 2.27. The fourth-order valence-corrected chi connectivity index (χ4v) is 2.41. The molecule has 0 saturated heterocycles. The Labute approximate surface area is 123 Å². The predicted octanol–water partition coefficient (Wildman–Crippen LogP) is 2.07. The van der Waals surface area contributed by atoms with E-state index in [1.165, 1.54) is 12.1 Å². The number of hydrogen-bond acceptors (Lipinski definition) is 5. The minimum atomic E-state index is -1.16. The van der Waals surface area contributed by atoms with Crippen LogP contribution in [-0.4, -0.2) is 54.1 Å². The van der Waals surface area contributed by atoms with Crippen LogP contribution < -0.4 is 4.90 Å². The zero-order chi connectivity index (χ0) is 16.2. The highest BCUT2D eigenvalue weighted by molar-refractivity contribution is 5.95. The van der Waals surface area contributed by atoms with Crippen molar-refractivity contribution in [3.63, 3.8) is 0 Å². The molecule has 0 bridgehead atoms. The highest BCUT2D eigenvalue weighted by Gasteiger charge is 2.22. The van der Waals surface area contributed by atoms with Crippen LogP contribution in [0, 0.1) is 10.1 Å². The molecule has 21 heavy (non-hydrogen) atoms. The van der Waals surface area contributed by atoms with Crippen molar-refractivity contribution in [2.75, 3.05) is 32.1 Å². The molecule has 1 aromatic rings. The van der Waals surface area contributed by atoms with E-state index in [-0.39, 0.29) is 17.3 Å². The quantitative estimate of drug-likeness (QED) is 0.612. The summed E-state index contributed by atoms with van der Waals surface area (Å²) in [6.45, 7) is 5.30. The van der Waals surface area contributed by atoms with Gasteiger partial charge in [0.25, 0.3) is 5.69 Å². The molecule has 0 spiro atoms. The number of carboxylic acid groups (broad SMARTS) is 1. The second kappa shape index (κ2) is 7.03. The number of carbonyl (C=O) groups is 1. The Hall–Kier alpha value is -2.15. The minimum Gasteiger partial charge on any atom is -0.478 e. The molecule has 1 atom stereocenters. The molecule has 1 N–H and O–H groups in total. The van der Waals surface area contributed by atoms with Crippen molar-refractivity contribution >= 4 is 17.3 Å². The second-order valence-electron chi connectivity index (χ2n) is 5.16. The largest absolute Gasteiger partial charge is 0.478 e. The van der Waals surface area contributed by atoms with Crippen LogP contribution >= 0.6 is 0 Å². The Morgan fingerprint density at radius 1 is 1.43 bits per heavy atom. The molecule has 0 amide bonds. The van der Waals surface area contributed by atoms with Gasteiger partial charge in [-0.15, -0.1) is 0 Å². The SMILES string of the molecule is CCN(c1ccc([N+](=O)[O-])cc1C(=O)O)C(C)CN(C)C. The van der Waals surface area contributed by atoms with Crippen LogP contribution in [0.15, 0.2) is 18.2 Å². The van der Waals surface area contributed by atoms with Crippen LogP contribution in [-0.2, 0) is 0 Å². The van der Waals surface area contributed by atoms with Crippen LogP contribution in [0.4, 0.5) is 11.4 Å². The van der Waals surface area contributed by atoms with Gasteiger partial charge in [0.15, 0.2) is 0 Å². The van der Waals surface area contributed by atoms with Gasteiger partial charge in [-0.2, -0.15) is 0 Å². The molecule has 1 rings (SSSR count). The van der Waals surface area contributed by atoms with Crippen molar-refractivity contribution in [2.45, 2.75) is 19.9 Å². The Balaban J connectivity index is 3.25. The van der Waals surface area contributed by atoms with Gasteiger partial charge in [-0.1, -0.05) is 0 Å². The fraction of sp³-hybridized carbons (Fsp3) is 0.500. The van der Waals surface area contributed by atoms with Gasteiger partial charge < -0.3 is 14.9 Å². The number of carboxylic acids is 1. The molecule has 0 aromatic heterocycles. The predicted molar refractivity (Wildman–Crippen MR) is 81.1 cm³/mol. The molecule has 0 heterocycles. The van der Waals surface area contributed by atoms with Gasteiger partial charge >= 0.3 is 5.97 Å². The van der Waals surface area contributed by atoms with E-state index in [4.69, 9.17) is 0 Å². The molecule has 0 saturated carbocycles. The Bertz CT molecular complexity index is 531. The number of aromatic carboxylic acids is 1. The molecule has 1 unspecified atom stereocenters. The first kappa shape index (κ1) is 16.9. The van der Waals surface area contributed by atoms with Gasteiger partial charge in [0, 0.05) is 31.3 Å². The molecule has 0 radical (unpaired) electrons. The lowest BCUT2D eigenvalue weighted by molar-refractivity contribution is -0.384. The summed E-state index contributed by atoms with van der Waals surface area (Å²) in [7, 11) is 3.89. The van der Waals surface area contributed by atoms with Gasteiger partial charge in [0.1, 0.15) is 0 Å². The maximum absolute atomic E-state index is 11.4. The third-order valence-electron chi connectivity index (χ3n) is 3.23. The van der Waals surface area contributed by atoms with Gasteiger partial charge in [-0.05, 0) is 34.0 Å². The molecular weight excluding hydrogens is 274 g/mol. The summed E-state index contributed by atoms with van der Waals surface area (Å²) in [5, 5.41) is 20.1.